The van der Waals surface area contributed by atoms with Crippen LogP contribution in [0.15, 0.2) is 0 Å². The van der Waals surface area contributed by atoms with Crippen molar-refractivity contribution in [1.82, 2.24) is 10.2 Å². The Bertz CT molecular complexity index is 286. The molecule has 1 fully saturated rings. The lowest BCUT2D eigenvalue weighted by Gasteiger charge is -2.40. The summed E-state index contributed by atoms with van der Waals surface area (Å²) in [4.78, 5) is 13.5. The maximum absolute atomic E-state index is 11.7. The molecule has 4 nitrogen and oxygen atoms in total. The van der Waals surface area contributed by atoms with Crippen molar-refractivity contribution in [3.8, 4) is 0 Å². The predicted octanol–water partition coefficient (Wildman–Crippen LogP) is 3.12. The molecule has 0 unspecified atom stereocenters. The van der Waals surface area contributed by atoms with Crippen LogP contribution in [0, 0.1) is 0 Å². The Morgan fingerprint density at radius 2 is 1.90 bits per heavy atom. The second kappa shape index (κ2) is 8.78. The summed E-state index contributed by atoms with van der Waals surface area (Å²) in [6.45, 7) is 8.32. The van der Waals surface area contributed by atoms with Crippen molar-refractivity contribution in [2.45, 2.75) is 58.1 Å². The van der Waals surface area contributed by atoms with Crippen LogP contribution in [-0.4, -0.2) is 54.3 Å². The van der Waals surface area contributed by atoms with Crippen molar-refractivity contribution in [2.75, 3.05) is 31.6 Å². The fourth-order valence-corrected chi connectivity index (χ4v) is 2.61. The van der Waals surface area contributed by atoms with Gasteiger partial charge in [-0.15, -0.1) is 0 Å². The van der Waals surface area contributed by atoms with Gasteiger partial charge in [0.05, 0.1) is 0 Å². The van der Waals surface area contributed by atoms with Crippen LogP contribution in [0.25, 0.3) is 0 Å². The van der Waals surface area contributed by atoms with Crippen LogP contribution in [-0.2, 0) is 4.74 Å². The normalized spacial score (nSPS) is 16.1. The number of likely N-dealkylation sites (tertiary alicyclic amines) is 1. The van der Waals surface area contributed by atoms with Gasteiger partial charge in [0.25, 0.3) is 0 Å². The second-order valence-electron chi connectivity index (χ2n) is 6.44. The van der Waals surface area contributed by atoms with E-state index in [1.54, 1.807) is 4.90 Å². The van der Waals surface area contributed by atoms with Crippen LogP contribution in [0.1, 0.15) is 46.5 Å². The van der Waals surface area contributed by atoms with E-state index in [1.807, 2.05) is 32.5 Å². The van der Waals surface area contributed by atoms with Gasteiger partial charge < -0.3 is 15.0 Å². The lowest BCUT2D eigenvalue weighted by atomic mass is 10.1. The maximum Gasteiger partial charge on any atom is 0.410 e. The SMILES string of the molecule is CSCCCCCCNC1CN(C(=O)OC(C)(C)C)C1. The van der Waals surface area contributed by atoms with Gasteiger partial charge in [-0.2, -0.15) is 11.8 Å². The van der Waals surface area contributed by atoms with Crippen LogP contribution in [0.4, 0.5) is 4.79 Å². The number of hydrogen-bond donors (Lipinski definition) is 1. The summed E-state index contributed by atoms with van der Waals surface area (Å²) in [6, 6.07) is 0.453. The fraction of sp³-hybridized carbons (Fsp3) is 0.933. The molecule has 1 amide bonds. The van der Waals surface area contributed by atoms with Gasteiger partial charge in [0.15, 0.2) is 0 Å². The number of unbranched alkanes of at least 4 members (excludes halogenated alkanes) is 3. The Hall–Kier alpha value is -0.420. The molecule has 0 spiro atoms. The van der Waals surface area contributed by atoms with Crippen molar-refractivity contribution >= 4 is 17.9 Å². The highest BCUT2D eigenvalue weighted by Crippen LogP contribution is 2.15. The summed E-state index contributed by atoms with van der Waals surface area (Å²) in [7, 11) is 0. The third kappa shape index (κ3) is 7.39. The molecule has 0 aromatic carbocycles. The zero-order valence-corrected chi connectivity index (χ0v) is 14.2. The zero-order chi connectivity index (χ0) is 15.0. The highest BCUT2D eigenvalue weighted by molar-refractivity contribution is 7.98. The first-order chi connectivity index (χ1) is 9.42. The van der Waals surface area contributed by atoms with E-state index >= 15 is 0 Å². The number of carbonyl (C=O) groups is 1. The molecule has 1 heterocycles. The molecule has 1 aliphatic rings. The van der Waals surface area contributed by atoms with E-state index in [0.717, 1.165) is 19.6 Å². The standard InChI is InChI=1S/C15H30N2O2S/c1-15(2,3)19-14(18)17-11-13(12-17)16-9-7-5-6-8-10-20-4/h13,16H,5-12H2,1-4H3. The Morgan fingerprint density at radius 3 is 2.50 bits per heavy atom. The summed E-state index contributed by atoms with van der Waals surface area (Å²) >= 11 is 1.92. The monoisotopic (exact) mass is 302 g/mol. The van der Waals surface area contributed by atoms with Gasteiger partial charge in [0.2, 0.25) is 0 Å². The van der Waals surface area contributed by atoms with Crippen LogP contribution in [0.5, 0.6) is 0 Å². The smallest absolute Gasteiger partial charge is 0.410 e. The lowest BCUT2D eigenvalue weighted by Crippen LogP contribution is -2.60. The molecule has 1 aliphatic heterocycles. The van der Waals surface area contributed by atoms with E-state index in [2.05, 4.69) is 11.6 Å². The highest BCUT2D eigenvalue weighted by Gasteiger charge is 2.32. The number of nitrogens with one attached hydrogen (secondary N) is 1. The number of ether oxygens (including phenoxy) is 1. The second-order valence-corrected chi connectivity index (χ2v) is 7.43. The molecule has 0 atom stereocenters. The summed E-state index contributed by atoms with van der Waals surface area (Å²) in [5.74, 6) is 1.28. The minimum atomic E-state index is -0.396. The van der Waals surface area contributed by atoms with Crippen LogP contribution in [0.3, 0.4) is 0 Å². The van der Waals surface area contributed by atoms with Crippen LogP contribution in [0.2, 0.25) is 0 Å². The van der Waals surface area contributed by atoms with Gasteiger partial charge in [0, 0.05) is 19.1 Å². The molecular weight excluding hydrogens is 272 g/mol. The Morgan fingerprint density at radius 1 is 1.25 bits per heavy atom. The largest absolute Gasteiger partial charge is 0.444 e. The average Bonchev–Trinajstić information content (AvgIpc) is 2.27. The van der Waals surface area contributed by atoms with Gasteiger partial charge in [0.1, 0.15) is 5.60 Å². The van der Waals surface area contributed by atoms with Gasteiger partial charge in [-0.05, 0) is 52.2 Å². The average molecular weight is 302 g/mol. The van der Waals surface area contributed by atoms with Crippen molar-refractivity contribution in [1.29, 1.82) is 0 Å². The molecule has 1 saturated heterocycles. The number of nitrogens with zero attached hydrogens (tertiary/aromatic N) is 1. The van der Waals surface area contributed by atoms with Crippen molar-refractivity contribution in [3.63, 3.8) is 0 Å². The summed E-state index contributed by atoms with van der Waals surface area (Å²) in [5, 5.41) is 3.50. The minimum absolute atomic E-state index is 0.187. The van der Waals surface area contributed by atoms with Gasteiger partial charge >= 0.3 is 6.09 Å². The lowest BCUT2D eigenvalue weighted by molar-refractivity contribution is 0.00535. The van der Waals surface area contributed by atoms with E-state index in [-0.39, 0.29) is 6.09 Å². The first-order valence-electron chi connectivity index (χ1n) is 7.62. The van der Waals surface area contributed by atoms with Gasteiger partial charge in [-0.3, -0.25) is 0 Å². The third-order valence-corrected chi connectivity index (χ3v) is 3.94. The molecule has 0 aromatic rings. The van der Waals surface area contributed by atoms with Crippen molar-refractivity contribution < 1.29 is 9.53 Å². The van der Waals surface area contributed by atoms with Gasteiger partial charge in [-0.1, -0.05) is 12.8 Å². The number of thioether (sulfide) groups is 1. The van der Waals surface area contributed by atoms with E-state index in [1.165, 1.54) is 31.4 Å². The van der Waals surface area contributed by atoms with Crippen molar-refractivity contribution in [2.24, 2.45) is 0 Å². The topological polar surface area (TPSA) is 41.6 Å². The number of amides is 1. The molecule has 20 heavy (non-hydrogen) atoms. The molecule has 0 aliphatic carbocycles. The predicted molar refractivity (Wildman–Crippen MR) is 86.4 cm³/mol. The third-order valence-electron chi connectivity index (χ3n) is 3.24. The number of rotatable bonds is 8. The molecule has 1 N–H and O–H groups in total. The molecule has 0 aromatic heterocycles. The Labute approximate surface area is 128 Å². The molecule has 0 radical (unpaired) electrons. The Balaban J connectivity index is 1.96. The highest BCUT2D eigenvalue weighted by atomic mass is 32.2. The van der Waals surface area contributed by atoms with Crippen molar-refractivity contribution in [3.05, 3.63) is 0 Å². The minimum Gasteiger partial charge on any atom is -0.444 e. The van der Waals surface area contributed by atoms with Crippen LogP contribution >= 0.6 is 11.8 Å². The molecule has 1 rings (SSSR count). The quantitative estimate of drug-likeness (QED) is 0.700. The summed E-state index contributed by atoms with van der Waals surface area (Å²) < 4.78 is 5.33. The van der Waals surface area contributed by atoms with E-state index in [4.69, 9.17) is 4.74 Å². The maximum atomic E-state index is 11.7. The Kier molecular flexibility index (Phi) is 7.74. The molecule has 5 heteroatoms. The number of carbonyl (C=O) groups excluding carboxylic acids is 1. The zero-order valence-electron chi connectivity index (χ0n) is 13.4. The molecule has 0 saturated carbocycles. The van der Waals surface area contributed by atoms with E-state index < -0.39 is 5.60 Å². The first-order valence-corrected chi connectivity index (χ1v) is 9.02. The first kappa shape index (κ1) is 17.6. The van der Waals surface area contributed by atoms with Crippen LogP contribution < -0.4 is 5.32 Å². The molecule has 118 valence electrons. The number of hydrogen-bond acceptors (Lipinski definition) is 4. The van der Waals surface area contributed by atoms with E-state index in [9.17, 15) is 4.79 Å². The van der Waals surface area contributed by atoms with Gasteiger partial charge in [-0.25, -0.2) is 4.79 Å². The van der Waals surface area contributed by atoms with E-state index in [0.29, 0.717) is 6.04 Å². The molecular formula is C15H30N2O2S. The summed E-state index contributed by atoms with van der Waals surface area (Å²) in [5.41, 5.74) is -0.396. The molecule has 0 bridgehead atoms. The summed E-state index contributed by atoms with van der Waals surface area (Å²) in [6.07, 6.45) is 7.17. The fourth-order valence-electron chi connectivity index (χ4n) is 2.11.